The number of methoxy groups -OCH3 is 2. The van der Waals surface area contributed by atoms with Crippen LogP contribution in [0, 0.1) is 0 Å². The van der Waals surface area contributed by atoms with Crippen molar-refractivity contribution in [3.05, 3.63) is 45.8 Å². The second-order valence-electron chi connectivity index (χ2n) is 6.98. The third-order valence-electron chi connectivity index (χ3n) is 4.88. The maximum Gasteiger partial charge on any atom is 0.348 e. The number of phenolic OH excluding ortho intramolecular Hbond substituents is 2. The minimum absolute atomic E-state index is 0.0616. The molecule has 4 aromatic rings. The van der Waals surface area contributed by atoms with E-state index in [1.54, 1.807) is 6.07 Å². The summed E-state index contributed by atoms with van der Waals surface area (Å²) in [7, 11) is 2.94. The number of benzene rings is 2. The maximum atomic E-state index is 12.8. The topological polar surface area (TPSA) is 102 Å². The van der Waals surface area contributed by atoms with Gasteiger partial charge in [0, 0.05) is 23.8 Å². The number of ether oxygens (including phenoxy) is 2. The van der Waals surface area contributed by atoms with E-state index in [9.17, 15) is 15.0 Å². The maximum absolute atomic E-state index is 12.8. The molecule has 2 aromatic carbocycles. The van der Waals surface area contributed by atoms with E-state index in [4.69, 9.17) is 18.3 Å². The Kier molecular flexibility index (Phi) is 4.38. The zero-order chi connectivity index (χ0) is 20.9. The average Bonchev–Trinajstić information content (AvgIpc) is 3.06. The SMILES string of the molecule is COc1cc(O)c2c(c1)oc(=O)c1c2oc2cc(OC)c(CC=C(C)C)c(O)c21. The van der Waals surface area contributed by atoms with Crippen molar-refractivity contribution >= 4 is 32.9 Å². The fourth-order valence-electron chi connectivity index (χ4n) is 3.47. The van der Waals surface area contributed by atoms with Crippen molar-refractivity contribution in [1.29, 1.82) is 0 Å². The van der Waals surface area contributed by atoms with E-state index >= 15 is 0 Å². The molecule has 0 aliphatic rings. The summed E-state index contributed by atoms with van der Waals surface area (Å²) < 4.78 is 21.8. The highest BCUT2D eigenvalue weighted by Gasteiger charge is 2.24. The van der Waals surface area contributed by atoms with Crippen LogP contribution in [0.25, 0.3) is 32.9 Å². The Labute approximate surface area is 165 Å². The molecule has 2 heterocycles. The number of furan rings is 1. The Hall–Kier alpha value is -3.61. The van der Waals surface area contributed by atoms with Gasteiger partial charge in [-0.25, -0.2) is 4.79 Å². The van der Waals surface area contributed by atoms with Crippen molar-refractivity contribution in [2.45, 2.75) is 20.3 Å². The van der Waals surface area contributed by atoms with Crippen molar-refractivity contribution in [3.8, 4) is 23.0 Å². The minimum atomic E-state index is -0.687. The first-order chi connectivity index (χ1) is 13.8. The van der Waals surface area contributed by atoms with Crippen molar-refractivity contribution in [1.82, 2.24) is 0 Å². The van der Waals surface area contributed by atoms with Gasteiger partial charge in [-0.3, -0.25) is 0 Å². The van der Waals surface area contributed by atoms with Gasteiger partial charge < -0.3 is 28.5 Å². The van der Waals surface area contributed by atoms with E-state index in [1.165, 1.54) is 26.4 Å². The summed E-state index contributed by atoms with van der Waals surface area (Å²) in [6.07, 6.45) is 2.36. The quantitative estimate of drug-likeness (QED) is 0.383. The number of fused-ring (bicyclic) bond motifs is 5. The molecule has 150 valence electrons. The highest BCUT2D eigenvalue weighted by atomic mass is 16.5. The Balaban J connectivity index is 2.16. The van der Waals surface area contributed by atoms with E-state index in [-0.39, 0.29) is 44.4 Å². The number of hydrogen-bond acceptors (Lipinski definition) is 7. The van der Waals surface area contributed by atoms with Crippen molar-refractivity contribution < 1.29 is 28.5 Å². The highest BCUT2D eigenvalue weighted by molar-refractivity contribution is 6.17. The van der Waals surface area contributed by atoms with Crippen LogP contribution in [0.15, 0.2) is 43.5 Å². The molecule has 29 heavy (non-hydrogen) atoms. The number of phenols is 2. The summed E-state index contributed by atoms with van der Waals surface area (Å²) in [5.74, 6) is 0.493. The molecule has 0 unspecified atom stereocenters. The summed E-state index contributed by atoms with van der Waals surface area (Å²) >= 11 is 0. The molecule has 0 bridgehead atoms. The molecule has 0 aliphatic heterocycles. The Morgan fingerprint density at radius 3 is 2.38 bits per heavy atom. The highest BCUT2D eigenvalue weighted by Crippen LogP contribution is 2.44. The molecule has 0 amide bonds. The molecular formula is C22H20O7. The second-order valence-corrected chi connectivity index (χ2v) is 6.98. The molecule has 0 spiro atoms. The first-order valence-corrected chi connectivity index (χ1v) is 8.98. The van der Waals surface area contributed by atoms with Gasteiger partial charge in [0.05, 0.1) is 19.6 Å². The van der Waals surface area contributed by atoms with Gasteiger partial charge in [0.2, 0.25) is 0 Å². The van der Waals surface area contributed by atoms with Crippen LogP contribution in [0.1, 0.15) is 19.4 Å². The van der Waals surface area contributed by atoms with Crippen LogP contribution in [0.5, 0.6) is 23.0 Å². The lowest BCUT2D eigenvalue weighted by Gasteiger charge is -2.10. The van der Waals surface area contributed by atoms with E-state index in [0.29, 0.717) is 23.5 Å². The number of rotatable bonds is 4. The van der Waals surface area contributed by atoms with Gasteiger partial charge in [-0.15, -0.1) is 0 Å². The second kappa shape index (κ2) is 6.77. The Morgan fingerprint density at radius 1 is 1.00 bits per heavy atom. The van der Waals surface area contributed by atoms with E-state index in [1.807, 2.05) is 19.9 Å². The molecule has 0 atom stereocenters. The van der Waals surface area contributed by atoms with Crippen molar-refractivity contribution in [2.75, 3.05) is 14.2 Å². The molecule has 4 rings (SSSR count). The van der Waals surface area contributed by atoms with E-state index in [2.05, 4.69) is 0 Å². The Morgan fingerprint density at radius 2 is 1.72 bits per heavy atom. The molecule has 0 saturated heterocycles. The lowest BCUT2D eigenvalue weighted by molar-refractivity contribution is 0.402. The van der Waals surface area contributed by atoms with Crippen LogP contribution in [0.3, 0.4) is 0 Å². The monoisotopic (exact) mass is 396 g/mol. The van der Waals surface area contributed by atoms with Gasteiger partial charge in [-0.1, -0.05) is 11.6 Å². The largest absolute Gasteiger partial charge is 0.507 e. The molecule has 0 fully saturated rings. The zero-order valence-corrected chi connectivity index (χ0v) is 16.5. The van der Waals surface area contributed by atoms with Gasteiger partial charge in [0.1, 0.15) is 44.9 Å². The summed E-state index contributed by atoms with van der Waals surface area (Å²) in [6.45, 7) is 3.90. The third-order valence-corrected chi connectivity index (χ3v) is 4.88. The van der Waals surface area contributed by atoms with Crippen LogP contribution in [0.4, 0.5) is 0 Å². The first-order valence-electron chi connectivity index (χ1n) is 8.98. The molecule has 0 aliphatic carbocycles. The Bertz CT molecular complexity index is 1350. The lowest BCUT2D eigenvalue weighted by Crippen LogP contribution is -1.99. The van der Waals surface area contributed by atoms with Gasteiger partial charge in [-0.2, -0.15) is 0 Å². The van der Waals surface area contributed by atoms with Gasteiger partial charge in [0.15, 0.2) is 5.58 Å². The van der Waals surface area contributed by atoms with E-state index in [0.717, 1.165) is 5.57 Å². The molecule has 0 radical (unpaired) electrons. The van der Waals surface area contributed by atoms with Crippen molar-refractivity contribution in [2.24, 2.45) is 0 Å². The fourth-order valence-corrected chi connectivity index (χ4v) is 3.47. The number of aromatic hydroxyl groups is 2. The summed E-state index contributed by atoms with van der Waals surface area (Å²) in [5.41, 5.74) is 1.42. The number of allylic oxidation sites excluding steroid dienone is 2. The molecule has 7 heteroatoms. The van der Waals surface area contributed by atoms with E-state index < -0.39 is 5.63 Å². The lowest BCUT2D eigenvalue weighted by atomic mass is 10.0. The molecule has 2 N–H and O–H groups in total. The fraction of sp³-hybridized carbons (Fsp3) is 0.227. The van der Waals surface area contributed by atoms with Crippen LogP contribution < -0.4 is 15.1 Å². The smallest absolute Gasteiger partial charge is 0.348 e. The normalized spacial score (nSPS) is 11.3. The first kappa shape index (κ1) is 18.7. The molecule has 2 aromatic heterocycles. The van der Waals surface area contributed by atoms with Crippen LogP contribution in [-0.4, -0.2) is 24.4 Å². The van der Waals surface area contributed by atoms with Crippen molar-refractivity contribution in [3.63, 3.8) is 0 Å². The van der Waals surface area contributed by atoms with Gasteiger partial charge in [-0.05, 0) is 20.3 Å². The molecule has 0 saturated carbocycles. The minimum Gasteiger partial charge on any atom is -0.507 e. The van der Waals surface area contributed by atoms with Crippen LogP contribution >= 0.6 is 0 Å². The summed E-state index contributed by atoms with van der Waals surface area (Å²) in [5, 5.41) is 22.0. The molecular weight excluding hydrogens is 376 g/mol. The van der Waals surface area contributed by atoms with Gasteiger partial charge >= 0.3 is 5.63 Å². The zero-order valence-electron chi connectivity index (χ0n) is 16.5. The summed E-state index contributed by atoms with van der Waals surface area (Å²) in [6, 6.07) is 4.51. The standard InChI is InChI=1S/C22H20O7/c1-10(2)5-6-12-14(27-4)9-16-18(20(12)24)19-21(28-16)17-13(23)7-11(26-3)8-15(17)29-22(19)25/h5,7-9,23-24H,6H2,1-4H3. The molecule has 7 nitrogen and oxygen atoms in total. The third kappa shape index (κ3) is 2.86. The van der Waals surface area contributed by atoms with Crippen LogP contribution in [-0.2, 0) is 6.42 Å². The predicted molar refractivity (Wildman–Crippen MR) is 109 cm³/mol. The number of hydrogen-bond donors (Lipinski definition) is 2. The predicted octanol–water partition coefficient (Wildman–Crippen LogP) is 4.63. The van der Waals surface area contributed by atoms with Crippen LogP contribution in [0.2, 0.25) is 0 Å². The summed E-state index contributed by atoms with van der Waals surface area (Å²) in [4.78, 5) is 12.8. The average molecular weight is 396 g/mol. The van der Waals surface area contributed by atoms with Gasteiger partial charge in [0.25, 0.3) is 0 Å².